The van der Waals surface area contributed by atoms with Gasteiger partial charge in [-0.05, 0) is 6.42 Å². The van der Waals surface area contributed by atoms with Crippen LogP contribution in [-0.2, 0) is 6.42 Å². The SMILES string of the molecule is CCCCCCCCCCCCCCCCCc1[nH]cc[nH+]1.O=[N+]([O-])[O-]. The number of unbranched alkanes of at least 4 members (excludes halogenated alkanes) is 14. The highest BCUT2D eigenvalue weighted by Gasteiger charge is 2.00. The fraction of sp³-hybridized carbons (Fsp3) is 0.850. The van der Waals surface area contributed by atoms with E-state index in [0.29, 0.717) is 0 Å². The summed E-state index contributed by atoms with van der Waals surface area (Å²) in [6.45, 7) is 2.29. The van der Waals surface area contributed by atoms with Gasteiger partial charge in [0.15, 0.2) is 0 Å². The molecule has 0 fully saturated rings. The van der Waals surface area contributed by atoms with Gasteiger partial charge in [-0.25, -0.2) is 9.97 Å². The van der Waals surface area contributed by atoms with E-state index in [1.54, 1.807) is 0 Å². The zero-order chi connectivity index (χ0) is 19.3. The summed E-state index contributed by atoms with van der Waals surface area (Å²) in [5.74, 6) is 1.27. The summed E-state index contributed by atoms with van der Waals surface area (Å²) < 4.78 is 0. The lowest BCUT2D eigenvalue weighted by molar-refractivity contribution is -0.402. The second-order valence-corrected chi connectivity index (χ2v) is 7.02. The lowest BCUT2D eigenvalue weighted by atomic mass is 10.0. The zero-order valence-corrected chi connectivity index (χ0v) is 16.6. The summed E-state index contributed by atoms with van der Waals surface area (Å²) in [5, 5.41) is 14.8. The third-order valence-corrected chi connectivity index (χ3v) is 4.63. The predicted molar refractivity (Wildman–Crippen MR) is 106 cm³/mol. The highest BCUT2D eigenvalue weighted by atomic mass is 16.9. The Morgan fingerprint density at radius 1 is 0.808 bits per heavy atom. The summed E-state index contributed by atoms with van der Waals surface area (Å²) in [6.07, 6.45) is 26.6. The Labute approximate surface area is 158 Å². The van der Waals surface area contributed by atoms with Gasteiger partial charge in [-0.2, -0.15) is 0 Å². The number of hydrogen-bond donors (Lipinski definition) is 1. The molecule has 0 bridgehead atoms. The number of rotatable bonds is 16. The van der Waals surface area contributed by atoms with E-state index in [4.69, 9.17) is 15.3 Å². The van der Waals surface area contributed by atoms with Crippen LogP contribution in [0.3, 0.4) is 0 Å². The van der Waals surface area contributed by atoms with E-state index >= 15 is 0 Å². The Bertz CT molecular complexity index is 393. The minimum absolute atomic E-state index is 1.17. The first-order valence-corrected chi connectivity index (χ1v) is 10.5. The third-order valence-electron chi connectivity index (χ3n) is 4.63. The number of aromatic nitrogens is 2. The van der Waals surface area contributed by atoms with Crippen LogP contribution in [0.4, 0.5) is 0 Å². The van der Waals surface area contributed by atoms with Crippen molar-refractivity contribution in [3.8, 4) is 0 Å². The lowest BCUT2D eigenvalue weighted by Gasteiger charge is -2.03. The summed E-state index contributed by atoms with van der Waals surface area (Å²) in [4.78, 5) is 14.7. The maximum Gasteiger partial charge on any atom is 0.251 e. The van der Waals surface area contributed by atoms with E-state index in [9.17, 15) is 0 Å². The minimum atomic E-state index is -1.75. The molecule has 0 saturated heterocycles. The maximum atomic E-state index is 8.25. The van der Waals surface area contributed by atoms with Crippen LogP contribution >= 0.6 is 0 Å². The molecule has 0 radical (unpaired) electrons. The van der Waals surface area contributed by atoms with Gasteiger partial charge in [0.05, 0.1) is 5.09 Å². The number of nitrogens with zero attached hydrogens (tertiary/aromatic N) is 1. The Balaban J connectivity index is 0.00000141. The Hall–Kier alpha value is -1.59. The molecule has 1 heterocycles. The van der Waals surface area contributed by atoms with E-state index in [0.717, 1.165) is 0 Å². The lowest BCUT2D eigenvalue weighted by Crippen LogP contribution is -2.05. The fourth-order valence-corrected chi connectivity index (χ4v) is 3.14. The number of aromatic amines is 2. The van der Waals surface area contributed by atoms with E-state index in [2.05, 4.69) is 16.9 Å². The monoisotopic (exact) mass is 369 g/mol. The number of H-pyrrole nitrogens is 2. The summed E-state index contributed by atoms with van der Waals surface area (Å²) in [7, 11) is 0. The molecule has 1 aromatic heterocycles. The van der Waals surface area contributed by atoms with E-state index in [1.165, 1.54) is 109 Å². The molecular weight excluding hydrogens is 330 g/mol. The first-order chi connectivity index (χ1) is 12.7. The van der Waals surface area contributed by atoms with Crippen LogP contribution in [0.5, 0.6) is 0 Å². The van der Waals surface area contributed by atoms with Gasteiger partial charge in [-0.15, -0.1) is 0 Å². The molecular formula is C20H39N3O3. The average molecular weight is 370 g/mol. The van der Waals surface area contributed by atoms with Gasteiger partial charge < -0.3 is 15.3 Å². The van der Waals surface area contributed by atoms with Crippen molar-refractivity contribution in [1.82, 2.24) is 4.98 Å². The first kappa shape index (κ1) is 24.4. The molecule has 26 heavy (non-hydrogen) atoms. The van der Waals surface area contributed by atoms with Crippen LogP contribution in [0.25, 0.3) is 0 Å². The largest absolute Gasteiger partial charge is 0.356 e. The molecule has 0 atom stereocenters. The van der Waals surface area contributed by atoms with E-state index < -0.39 is 5.09 Å². The van der Waals surface area contributed by atoms with Gasteiger partial charge in [0.1, 0.15) is 12.4 Å². The van der Waals surface area contributed by atoms with Crippen LogP contribution in [0.15, 0.2) is 12.4 Å². The van der Waals surface area contributed by atoms with E-state index in [1.807, 2.05) is 12.4 Å². The van der Waals surface area contributed by atoms with Crippen LogP contribution < -0.4 is 4.98 Å². The zero-order valence-electron chi connectivity index (χ0n) is 16.6. The second kappa shape index (κ2) is 19.7. The van der Waals surface area contributed by atoms with Crippen LogP contribution in [0.1, 0.15) is 109 Å². The van der Waals surface area contributed by atoms with Crippen molar-refractivity contribution in [2.75, 3.05) is 0 Å². The topological polar surface area (TPSA) is 96.1 Å². The van der Waals surface area contributed by atoms with Gasteiger partial charge in [-0.3, -0.25) is 0 Å². The Morgan fingerprint density at radius 3 is 1.54 bits per heavy atom. The molecule has 1 aromatic rings. The molecule has 1 rings (SSSR count). The van der Waals surface area contributed by atoms with Crippen molar-refractivity contribution in [2.24, 2.45) is 0 Å². The van der Waals surface area contributed by atoms with Crippen LogP contribution in [-0.4, -0.2) is 10.1 Å². The molecule has 0 amide bonds. The molecule has 6 nitrogen and oxygen atoms in total. The number of hydrogen-bond acceptors (Lipinski definition) is 3. The minimum Gasteiger partial charge on any atom is -0.356 e. The van der Waals surface area contributed by atoms with Crippen molar-refractivity contribution < 1.29 is 10.1 Å². The Kier molecular flexibility index (Phi) is 18.5. The Morgan fingerprint density at radius 2 is 1.19 bits per heavy atom. The van der Waals surface area contributed by atoms with Crippen molar-refractivity contribution in [3.05, 3.63) is 33.5 Å². The van der Waals surface area contributed by atoms with Crippen LogP contribution in [0.2, 0.25) is 0 Å². The third kappa shape index (κ3) is 20.5. The highest BCUT2D eigenvalue weighted by Crippen LogP contribution is 2.13. The molecule has 152 valence electrons. The summed E-state index contributed by atoms with van der Waals surface area (Å²) in [5.41, 5.74) is 0. The van der Waals surface area contributed by atoms with Crippen molar-refractivity contribution in [3.63, 3.8) is 0 Å². The van der Waals surface area contributed by atoms with Gasteiger partial charge in [0, 0.05) is 6.42 Å². The quantitative estimate of drug-likeness (QED) is 0.220. The number of aryl methyl sites for hydroxylation is 1. The van der Waals surface area contributed by atoms with Crippen LogP contribution in [0, 0.1) is 15.3 Å². The van der Waals surface area contributed by atoms with Crippen molar-refractivity contribution >= 4 is 0 Å². The van der Waals surface area contributed by atoms with Gasteiger partial charge in [0.2, 0.25) is 0 Å². The first-order valence-electron chi connectivity index (χ1n) is 10.5. The number of imidazole rings is 1. The van der Waals surface area contributed by atoms with E-state index in [-0.39, 0.29) is 0 Å². The molecule has 0 aliphatic rings. The summed E-state index contributed by atoms with van der Waals surface area (Å²) >= 11 is 0. The molecule has 2 N–H and O–H groups in total. The molecule has 0 unspecified atom stereocenters. The molecule has 0 aromatic carbocycles. The normalized spacial score (nSPS) is 10.3. The summed E-state index contributed by atoms with van der Waals surface area (Å²) in [6, 6.07) is 0. The molecule has 0 saturated carbocycles. The average Bonchev–Trinajstić information content (AvgIpc) is 3.11. The molecule has 0 spiro atoms. The standard InChI is InChI=1S/C20H38N2.NO3/c1-2-3-4-5-6-7-8-9-10-11-12-13-14-15-16-17-20-21-18-19-22-20;2-1(3)4/h18-19H,2-17H2,1H3,(H,21,22);/q;-1/p+1. The highest BCUT2D eigenvalue weighted by molar-refractivity contribution is 4.75. The maximum absolute atomic E-state index is 8.25. The second-order valence-electron chi connectivity index (χ2n) is 7.02. The van der Waals surface area contributed by atoms with Crippen molar-refractivity contribution in [1.29, 1.82) is 0 Å². The molecule has 0 aliphatic carbocycles. The fourth-order valence-electron chi connectivity index (χ4n) is 3.14. The smallest absolute Gasteiger partial charge is 0.251 e. The number of nitrogens with one attached hydrogen (secondary N) is 2. The molecule has 0 aliphatic heterocycles. The molecule has 6 heteroatoms. The van der Waals surface area contributed by atoms with Crippen molar-refractivity contribution in [2.45, 2.75) is 110 Å². The predicted octanol–water partition coefficient (Wildman–Crippen LogP) is 6.00. The van der Waals surface area contributed by atoms with Gasteiger partial charge in [0.25, 0.3) is 5.82 Å². The van der Waals surface area contributed by atoms with Gasteiger partial charge >= 0.3 is 0 Å². The van der Waals surface area contributed by atoms with Gasteiger partial charge in [-0.1, -0.05) is 96.8 Å².